The number of aromatic nitrogens is 2. The molecular formula is C10H15N3O2. The lowest BCUT2D eigenvalue weighted by atomic mass is 9.93. The van der Waals surface area contributed by atoms with E-state index in [2.05, 4.69) is 9.55 Å². The van der Waals surface area contributed by atoms with Crippen LogP contribution in [0.1, 0.15) is 31.0 Å². The highest BCUT2D eigenvalue weighted by atomic mass is 16.4. The van der Waals surface area contributed by atoms with Gasteiger partial charge in [-0.3, -0.25) is 4.79 Å². The monoisotopic (exact) mass is 209 g/mol. The van der Waals surface area contributed by atoms with Gasteiger partial charge in [-0.25, -0.2) is 4.98 Å². The third-order valence-electron chi connectivity index (χ3n) is 2.90. The molecule has 0 unspecified atom stereocenters. The van der Waals surface area contributed by atoms with E-state index in [1.165, 1.54) is 19.3 Å². The van der Waals surface area contributed by atoms with Gasteiger partial charge in [0.1, 0.15) is 6.04 Å². The largest absolute Gasteiger partial charge is 0.480 e. The molecule has 0 spiro atoms. The first-order valence-electron chi connectivity index (χ1n) is 5.17. The zero-order valence-electron chi connectivity index (χ0n) is 8.47. The Kier molecular flexibility index (Phi) is 2.73. The fourth-order valence-electron chi connectivity index (χ4n) is 1.68. The zero-order chi connectivity index (χ0) is 10.8. The Labute approximate surface area is 87.9 Å². The van der Waals surface area contributed by atoms with Crippen LogP contribution in [0.15, 0.2) is 12.5 Å². The van der Waals surface area contributed by atoms with Crippen LogP contribution in [0.5, 0.6) is 0 Å². The minimum atomic E-state index is -0.979. The molecule has 1 aromatic rings. The third kappa shape index (κ3) is 2.18. The zero-order valence-corrected chi connectivity index (χ0v) is 8.47. The van der Waals surface area contributed by atoms with Gasteiger partial charge in [0.2, 0.25) is 0 Å². The van der Waals surface area contributed by atoms with Gasteiger partial charge in [-0.15, -0.1) is 0 Å². The number of hydrogen-bond donors (Lipinski definition) is 2. The standard InChI is InChI=1S/C10H15N3O2/c11-9(10(14)15)4-7-5-13(6-12-7)8-2-1-3-8/h5-6,8-9H,1-4,11H2,(H,14,15)/t9-/m0/s1. The molecule has 2 rings (SSSR count). The van der Waals surface area contributed by atoms with Crippen molar-refractivity contribution in [1.82, 2.24) is 9.55 Å². The smallest absolute Gasteiger partial charge is 0.320 e. The summed E-state index contributed by atoms with van der Waals surface area (Å²) in [7, 11) is 0. The van der Waals surface area contributed by atoms with Crippen LogP contribution in [0.3, 0.4) is 0 Å². The minimum absolute atomic E-state index is 0.301. The van der Waals surface area contributed by atoms with Crippen molar-refractivity contribution in [3.63, 3.8) is 0 Å². The molecule has 1 saturated carbocycles. The van der Waals surface area contributed by atoms with Gasteiger partial charge in [0, 0.05) is 18.7 Å². The predicted molar refractivity (Wildman–Crippen MR) is 54.4 cm³/mol. The Morgan fingerprint density at radius 3 is 3.00 bits per heavy atom. The van der Waals surface area contributed by atoms with E-state index in [0.717, 1.165) is 5.69 Å². The number of carboxylic acids is 1. The molecule has 3 N–H and O–H groups in total. The lowest BCUT2D eigenvalue weighted by molar-refractivity contribution is -0.138. The molecule has 15 heavy (non-hydrogen) atoms. The molecular weight excluding hydrogens is 194 g/mol. The number of nitrogens with two attached hydrogens (primary N) is 1. The molecule has 1 fully saturated rings. The van der Waals surface area contributed by atoms with E-state index < -0.39 is 12.0 Å². The van der Waals surface area contributed by atoms with Crippen molar-refractivity contribution in [2.24, 2.45) is 5.73 Å². The Balaban J connectivity index is 1.97. The number of carboxylic acid groups (broad SMARTS) is 1. The topological polar surface area (TPSA) is 81.1 Å². The minimum Gasteiger partial charge on any atom is -0.480 e. The highest BCUT2D eigenvalue weighted by molar-refractivity contribution is 5.73. The summed E-state index contributed by atoms with van der Waals surface area (Å²) in [5, 5.41) is 8.66. The maximum absolute atomic E-state index is 10.6. The van der Waals surface area contributed by atoms with Crippen molar-refractivity contribution in [1.29, 1.82) is 0 Å². The number of nitrogens with zero attached hydrogens (tertiary/aromatic N) is 2. The predicted octanol–water partition coefficient (Wildman–Crippen LogP) is 0.562. The van der Waals surface area contributed by atoms with Gasteiger partial charge < -0.3 is 15.4 Å². The average Bonchev–Trinajstić information content (AvgIpc) is 2.49. The summed E-state index contributed by atoms with van der Waals surface area (Å²) in [6.07, 6.45) is 7.64. The van der Waals surface area contributed by atoms with E-state index in [0.29, 0.717) is 12.5 Å². The summed E-state index contributed by atoms with van der Waals surface area (Å²) in [6.45, 7) is 0. The highest BCUT2D eigenvalue weighted by Gasteiger charge is 2.20. The molecule has 5 heteroatoms. The number of imidazole rings is 1. The Morgan fingerprint density at radius 2 is 2.47 bits per heavy atom. The lowest BCUT2D eigenvalue weighted by Gasteiger charge is -2.26. The molecule has 1 atom stereocenters. The molecule has 5 nitrogen and oxygen atoms in total. The van der Waals surface area contributed by atoms with Gasteiger partial charge in [0.15, 0.2) is 0 Å². The molecule has 0 amide bonds. The van der Waals surface area contributed by atoms with E-state index in [9.17, 15) is 4.79 Å². The van der Waals surface area contributed by atoms with E-state index in [1.54, 1.807) is 6.33 Å². The van der Waals surface area contributed by atoms with Crippen molar-refractivity contribution >= 4 is 5.97 Å². The lowest BCUT2D eigenvalue weighted by Crippen LogP contribution is -2.32. The summed E-state index contributed by atoms with van der Waals surface area (Å²) < 4.78 is 2.06. The molecule has 0 radical (unpaired) electrons. The number of hydrogen-bond acceptors (Lipinski definition) is 3. The van der Waals surface area contributed by atoms with E-state index in [4.69, 9.17) is 10.8 Å². The molecule has 1 aromatic heterocycles. The van der Waals surface area contributed by atoms with Crippen LogP contribution in [0.2, 0.25) is 0 Å². The SMILES string of the molecule is N[C@@H](Cc1cn(C2CCC2)cn1)C(=O)O. The van der Waals surface area contributed by atoms with Crippen molar-refractivity contribution in [3.05, 3.63) is 18.2 Å². The first-order chi connectivity index (χ1) is 7.16. The molecule has 0 aromatic carbocycles. The molecule has 1 heterocycles. The van der Waals surface area contributed by atoms with Crippen molar-refractivity contribution in [2.45, 2.75) is 37.8 Å². The second-order valence-electron chi connectivity index (χ2n) is 4.05. The van der Waals surface area contributed by atoms with Gasteiger partial charge >= 0.3 is 5.97 Å². The van der Waals surface area contributed by atoms with Crippen molar-refractivity contribution < 1.29 is 9.90 Å². The molecule has 0 saturated heterocycles. The van der Waals surface area contributed by atoms with E-state index in [-0.39, 0.29) is 0 Å². The van der Waals surface area contributed by atoms with Gasteiger partial charge in [0.05, 0.1) is 12.0 Å². The van der Waals surface area contributed by atoms with Crippen LogP contribution < -0.4 is 5.73 Å². The van der Waals surface area contributed by atoms with Crippen LogP contribution in [0.25, 0.3) is 0 Å². The summed E-state index contributed by atoms with van der Waals surface area (Å²) in [5.41, 5.74) is 6.19. The fraction of sp³-hybridized carbons (Fsp3) is 0.600. The Morgan fingerprint density at radius 1 is 1.73 bits per heavy atom. The average molecular weight is 209 g/mol. The fourth-order valence-corrected chi connectivity index (χ4v) is 1.68. The van der Waals surface area contributed by atoms with Crippen molar-refractivity contribution in [2.75, 3.05) is 0 Å². The normalized spacial score (nSPS) is 18.5. The number of aliphatic carboxylic acids is 1. The van der Waals surface area contributed by atoms with Crippen LogP contribution in [0, 0.1) is 0 Å². The summed E-state index contributed by atoms with van der Waals surface area (Å²) >= 11 is 0. The van der Waals surface area contributed by atoms with Crippen LogP contribution in [-0.4, -0.2) is 26.7 Å². The van der Waals surface area contributed by atoms with Gasteiger partial charge in [-0.05, 0) is 19.3 Å². The number of carbonyl (C=O) groups is 1. The molecule has 1 aliphatic carbocycles. The molecule has 0 bridgehead atoms. The Hall–Kier alpha value is -1.36. The quantitative estimate of drug-likeness (QED) is 0.759. The second-order valence-corrected chi connectivity index (χ2v) is 4.05. The van der Waals surface area contributed by atoms with Crippen LogP contribution in [0.4, 0.5) is 0 Å². The third-order valence-corrected chi connectivity index (χ3v) is 2.90. The first-order valence-corrected chi connectivity index (χ1v) is 5.17. The molecule has 1 aliphatic rings. The summed E-state index contributed by atoms with van der Waals surface area (Å²) in [6, 6.07) is -0.290. The van der Waals surface area contributed by atoms with Crippen molar-refractivity contribution in [3.8, 4) is 0 Å². The first kappa shape index (κ1) is 10.2. The maximum Gasteiger partial charge on any atom is 0.320 e. The molecule has 82 valence electrons. The molecule has 0 aliphatic heterocycles. The summed E-state index contributed by atoms with van der Waals surface area (Å²) in [5.74, 6) is -0.979. The second kappa shape index (κ2) is 4.02. The van der Waals surface area contributed by atoms with Gasteiger partial charge in [-0.1, -0.05) is 0 Å². The van der Waals surface area contributed by atoms with Gasteiger partial charge in [-0.2, -0.15) is 0 Å². The van der Waals surface area contributed by atoms with Crippen LogP contribution in [-0.2, 0) is 11.2 Å². The van der Waals surface area contributed by atoms with Crippen LogP contribution >= 0.6 is 0 Å². The van der Waals surface area contributed by atoms with E-state index >= 15 is 0 Å². The Bertz CT molecular complexity index is 357. The highest BCUT2D eigenvalue weighted by Crippen LogP contribution is 2.31. The van der Waals surface area contributed by atoms with Gasteiger partial charge in [0.25, 0.3) is 0 Å². The maximum atomic E-state index is 10.6. The summed E-state index contributed by atoms with van der Waals surface area (Å²) in [4.78, 5) is 14.7. The number of rotatable bonds is 4. The van der Waals surface area contributed by atoms with E-state index in [1.807, 2.05) is 6.20 Å².